The second kappa shape index (κ2) is 7.68. The Labute approximate surface area is 153 Å². The lowest BCUT2D eigenvalue weighted by Gasteiger charge is -2.25. The Balaban J connectivity index is 1.73. The van der Waals surface area contributed by atoms with Crippen molar-refractivity contribution in [2.75, 3.05) is 18.4 Å². The quantitative estimate of drug-likeness (QED) is 0.897. The maximum absolute atomic E-state index is 12.6. The van der Waals surface area contributed by atoms with Crippen LogP contribution in [0.25, 0.3) is 0 Å². The predicted octanol–water partition coefficient (Wildman–Crippen LogP) is 2.99. The number of anilines is 1. The van der Waals surface area contributed by atoms with Gasteiger partial charge in [-0.15, -0.1) is 0 Å². The number of sulfonamides is 1. The first-order chi connectivity index (χ1) is 12.5. The van der Waals surface area contributed by atoms with E-state index in [0.29, 0.717) is 29.9 Å². The van der Waals surface area contributed by atoms with Gasteiger partial charge in [-0.25, -0.2) is 8.42 Å². The van der Waals surface area contributed by atoms with Crippen molar-refractivity contribution in [3.8, 4) is 6.07 Å². The van der Waals surface area contributed by atoms with Crippen LogP contribution in [0.4, 0.5) is 5.69 Å². The van der Waals surface area contributed by atoms with Crippen LogP contribution in [0.3, 0.4) is 0 Å². The van der Waals surface area contributed by atoms with Crippen LogP contribution in [0.5, 0.6) is 0 Å². The van der Waals surface area contributed by atoms with Gasteiger partial charge in [0.2, 0.25) is 10.0 Å². The van der Waals surface area contributed by atoms with Gasteiger partial charge in [-0.05, 0) is 55.3 Å². The molecule has 0 aliphatic carbocycles. The average Bonchev–Trinajstić information content (AvgIpc) is 2.69. The summed E-state index contributed by atoms with van der Waals surface area (Å²) in [5, 5.41) is 11.6. The topological polar surface area (TPSA) is 90.3 Å². The van der Waals surface area contributed by atoms with E-state index >= 15 is 0 Å². The number of nitrogens with one attached hydrogen (secondary N) is 1. The first-order valence-electron chi connectivity index (χ1n) is 8.42. The van der Waals surface area contributed by atoms with E-state index in [9.17, 15) is 13.2 Å². The summed E-state index contributed by atoms with van der Waals surface area (Å²) in [6.07, 6.45) is 2.83. The third-order valence-electron chi connectivity index (χ3n) is 4.32. The zero-order chi connectivity index (χ0) is 18.6. The van der Waals surface area contributed by atoms with Gasteiger partial charge < -0.3 is 5.32 Å². The molecule has 3 rings (SSSR count). The first-order valence-corrected chi connectivity index (χ1v) is 9.86. The van der Waals surface area contributed by atoms with E-state index in [4.69, 9.17) is 5.26 Å². The summed E-state index contributed by atoms with van der Waals surface area (Å²) in [7, 11) is -3.48. The number of piperidine rings is 1. The molecule has 1 aliphatic heterocycles. The Morgan fingerprint density at radius 3 is 2.38 bits per heavy atom. The molecule has 0 aromatic heterocycles. The van der Waals surface area contributed by atoms with Gasteiger partial charge in [-0.1, -0.05) is 12.5 Å². The van der Waals surface area contributed by atoms with Crippen LogP contribution in [0.15, 0.2) is 53.4 Å². The fourth-order valence-corrected chi connectivity index (χ4v) is 4.41. The molecule has 2 aromatic carbocycles. The van der Waals surface area contributed by atoms with Crippen molar-refractivity contribution in [2.45, 2.75) is 24.2 Å². The number of benzene rings is 2. The lowest BCUT2D eigenvalue weighted by atomic mass is 10.1. The molecule has 26 heavy (non-hydrogen) atoms. The molecule has 0 spiro atoms. The molecule has 1 N–H and O–H groups in total. The van der Waals surface area contributed by atoms with Crippen LogP contribution < -0.4 is 5.32 Å². The lowest BCUT2D eigenvalue weighted by molar-refractivity contribution is 0.102. The van der Waals surface area contributed by atoms with Crippen LogP contribution in [0, 0.1) is 11.3 Å². The highest BCUT2D eigenvalue weighted by Crippen LogP contribution is 2.22. The summed E-state index contributed by atoms with van der Waals surface area (Å²) in [5.74, 6) is -0.353. The van der Waals surface area contributed by atoms with Gasteiger partial charge >= 0.3 is 0 Å². The normalized spacial score (nSPS) is 15.2. The number of nitriles is 1. The highest BCUT2D eigenvalue weighted by atomic mass is 32.2. The van der Waals surface area contributed by atoms with Crippen molar-refractivity contribution in [1.82, 2.24) is 4.31 Å². The maximum atomic E-state index is 12.6. The Bertz CT molecular complexity index is 941. The van der Waals surface area contributed by atoms with Crippen molar-refractivity contribution in [2.24, 2.45) is 0 Å². The molecule has 1 heterocycles. The number of hydrogen-bond donors (Lipinski definition) is 1. The molecule has 0 bridgehead atoms. The number of amides is 1. The van der Waals surface area contributed by atoms with Gasteiger partial charge in [0.1, 0.15) is 0 Å². The van der Waals surface area contributed by atoms with E-state index in [1.807, 2.05) is 6.07 Å². The number of rotatable bonds is 4. The van der Waals surface area contributed by atoms with Gasteiger partial charge in [0.05, 0.1) is 16.5 Å². The highest BCUT2D eigenvalue weighted by molar-refractivity contribution is 7.89. The highest BCUT2D eigenvalue weighted by Gasteiger charge is 2.25. The zero-order valence-corrected chi connectivity index (χ0v) is 15.0. The van der Waals surface area contributed by atoms with Crippen LogP contribution >= 0.6 is 0 Å². The van der Waals surface area contributed by atoms with Gasteiger partial charge in [0.25, 0.3) is 5.91 Å². The lowest BCUT2D eigenvalue weighted by Crippen LogP contribution is -2.35. The molecule has 2 aromatic rings. The van der Waals surface area contributed by atoms with Crippen LogP contribution in [-0.4, -0.2) is 31.7 Å². The number of hydrogen-bond acceptors (Lipinski definition) is 4. The molecule has 6 nitrogen and oxygen atoms in total. The molecule has 0 saturated carbocycles. The minimum Gasteiger partial charge on any atom is -0.322 e. The predicted molar refractivity (Wildman–Crippen MR) is 98.2 cm³/mol. The first kappa shape index (κ1) is 18.1. The third-order valence-corrected chi connectivity index (χ3v) is 6.23. The molecule has 1 saturated heterocycles. The summed E-state index contributed by atoms with van der Waals surface area (Å²) < 4.78 is 26.8. The summed E-state index contributed by atoms with van der Waals surface area (Å²) in [6, 6.07) is 14.5. The molecule has 1 amide bonds. The Kier molecular flexibility index (Phi) is 5.35. The van der Waals surface area contributed by atoms with Gasteiger partial charge in [-0.2, -0.15) is 9.57 Å². The van der Waals surface area contributed by atoms with Gasteiger partial charge in [-0.3, -0.25) is 4.79 Å². The zero-order valence-electron chi connectivity index (χ0n) is 14.2. The smallest absolute Gasteiger partial charge is 0.255 e. The molecular formula is C19H19N3O3S. The van der Waals surface area contributed by atoms with E-state index in [2.05, 4.69) is 5.32 Å². The fourth-order valence-electron chi connectivity index (χ4n) is 2.90. The fraction of sp³-hybridized carbons (Fsp3) is 0.263. The van der Waals surface area contributed by atoms with Crippen molar-refractivity contribution < 1.29 is 13.2 Å². The minimum absolute atomic E-state index is 0.226. The largest absolute Gasteiger partial charge is 0.322 e. The van der Waals surface area contributed by atoms with Crippen molar-refractivity contribution in [3.05, 3.63) is 59.7 Å². The van der Waals surface area contributed by atoms with Gasteiger partial charge in [0, 0.05) is 24.3 Å². The van der Waals surface area contributed by atoms with E-state index in [-0.39, 0.29) is 10.8 Å². The monoisotopic (exact) mass is 369 g/mol. The molecule has 0 unspecified atom stereocenters. The summed E-state index contributed by atoms with van der Waals surface area (Å²) in [5.41, 5.74) is 1.27. The van der Waals surface area contributed by atoms with E-state index in [1.54, 1.807) is 30.3 Å². The van der Waals surface area contributed by atoms with Crippen LogP contribution in [0.2, 0.25) is 0 Å². The standard InChI is InChI=1S/C19H19N3O3S/c20-14-15-5-4-6-16(13-15)19(23)21-17-7-9-18(10-8-17)26(24,25)22-11-2-1-3-12-22/h4-10,13H,1-3,11-12H2,(H,21,23). The molecule has 7 heteroatoms. The third kappa shape index (κ3) is 3.93. The Hall–Kier alpha value is -2.69. The maximum Gasteiger partial charge on any atom is 0.255 e. The second-order valence-electron chi connectivity index (χ2n) is 6.14. The second-order valence-corrected chi connectivity index (χ2v) is 8.07. The summed E-state index contributed by atoms with van der Waals surface area (Å²) in [6.45, 7) is 1.10. The SMILES string of the molecule is N#Cc1cccc(C(=O)Nc2ccc(S(=O)(=O)N3CCCCC3)cc2)c1. The number of nitrogens with zero attached hydrogens (tertiary/aromatic N) is 2. The van der Waals surface area contributed by atoms with E-state index in [0.717, 1.165) is 19.3 Å². The Morgan fingerprint density at radius 2 is 1.73 bits per heavy atom. The molecule has 1 aliphatic rings. The molecule has 0 atom stereocenters. The van der Waals surface area contributed by atoms with Gasteiger partial charge in [0.15, 0.2) is 0 Å². The van der Waals surface area contributed by atoms with Crippen LogP contribution in [0.1, 0.15) is 35.2 Å². The van der Waals surface area contributed by atoms with Crippen LogP contribution in [-0.2, 0) is 10.0 Å². The Morgan fingerprint density at radius 1 is 1.04 bits per heavy atom. The molecule has 1 fully saturated rings. The van der Waals surface area contributed by atoms with E-state index in [1.165, 1.54) is 22.5 Å². The van der Waals surface area contributed by atoms with Crippen molar-refractivity contribution in [1.29, 1.82) is 5.26 Å². The molecule has 0 radical (unpaired) electrons. The van der Waals surface area contributed by atoms with E-state index < -0.39 is 10.0 Å². The van der Waals surface area contributed by atoms with Crippen molar-refractivity contribution in [3.63, 3.8) is 0 Å². The summed E-state index contributed by atoms with van der Waals surface area (Å²) in [4.78, 5) is 12.5. The molecule has 134 valence electrons. The minimum atomic E-state index is -3.48. The number of carbonyl (C=O) groups excluding carboxylic acids is 1. The summed E-state index contributed by atoms with van der Waals surface area (Å²) >= 11 is 0. The van der Waals surface area contributed by atoms with Crippen molar-refractivity contribution >= 4 is 21.6 Å². The molecular weight excluding hydrogens is 350 g/mol. The average molecular weight is 369 g/mol. The number of carbonyl (C=O) groups is 1.